The van der Waals surface area contributed by atoms with Crippen LogP contribution in [0, 0.1) is 6.92 Å². The highest BCUT2D eigenvalue weighted by molar-refractivity contribution is 7.09. The van der Waals surface area contributed by atoms with Gasteiger partial charge in [-0.2, -0.15) is 5.21 Å². The van der Waals surface area contributed by atoms with Crippen LogP contribution in [0.2, 0.25) is 0 Å². The number of nitrogens with two attached hydrogens (primary N) is 1. The zero-order valence-electron chi connectivity index (χ0n) is 19.5. The number of aromatic amines is 1. The largest absolute Gasteiger partial charge is 0.494 e. The SMILES string of the molecule is Cc1ccc2oc(-c3nn[nH]n3)c(N)c(=O)c2c1C(=O)c1ccc(OCCCCc2cccs2)cc1. The topological polar surface area (TPSA) is 137 Å². The van der Waals surface area contributed by atoms with Gasteiger partial charge in [0.2, 0.25) is 17.0 Å². The highest BCUT2D eigenvalue weighted by Crippen LogP contribution is 2.29. The van der Waals surface area contributed by atoms with Crippen molar-refractivity contribution in [2.24, 2.45) is 0 Å². The summed E-state index contributed by atoms with van der Waals surface area (Å²) in [6.45, 7) is 2.37. The second kappa shape index (κ2) is 10.1. The van der Waals surface area contributed by atoms with Gasteiger partial charge in [-0.15, -0.1) is 21.5 Å². The Labute approximate surface area is 209 Å². The summed E-state index contributed by atoms with van der Waals surface area (Å²) in [5, 5.41) is 15.6. The van der Waals surface area contributed by atoms with Crippen molar-refractivity contribution in [3.63, 3.8) is 0 Å². The molecule has 0 aliphatic carbocycles. The van der Waals surface area contributed by atoms with Crippen molar-refractivity contribution < 1.29 is 13.9 Å². The van der Waals surface area contributed by atoms with Gasteiger partial charge in [-0.3, -0.25) is 9.59 Å². The molecule has 5 aromatic rings. The number of anilines is 1. The number of nitrogen functional groups attached to an aromatic ring is 1. The number of fused-ring (bicyclic) bond motifs is 1. The van der Waals surface area contributed by atoms with Gasteiger partial charge in [0.1, 0.15) is 17.0 Å². The number of thiophene rings is 1. The molecule has 0 unspecified atom stereocenters. The van der Waals surface area contributed by atoms with Gasteiger partial charge in [0, 0.05) is 16.0 Å². The predicted molar refractivity (Wildman–Crippen MR) is 137 cm³/mol. The van der Waals surface area contributed by atoms with Crippen molar-refractivity contribution in [1.29, 1.82) is 0 Å². The number of benzene rings is 2. The molecule has 10 heteroatoms. The van der Waals surface area contributed by atoms with Crippen LogP contribution in [-0.4, -0.2) is 33.0 Å². The number of ether oxygens (including phenoxy) is 1. The molecule has 0 radical (unpaired) electrons. The molecular formula is C26H23N5O4S. The zero-order chi connectivity index (χ0) is 25.1. The number of nitrogens with one attached hydrogen (secondary N) is 1. The van der Waals surface area contributed by atoms with Crippen LogP contribution in [0.5, 0.6) is 5.75 Å². The summed E-state index contributed by atoms with van der Waals surface area (Å²) in [5.74, 6) is 0.438. The molecule has 0 bridgehead atoms. The third-order valence-electron chi connectivity index (χ3n) is 5.86. The monoisotopic (exact) mass is 501 g/mol. The Morgan fingerprint density at radius 2 is 1.97 bits per heavy atom. The summed E-state index contributed by atoms with van der Waals surface area (Å²) in [5.41, 5.74) is 6.87. The quantitative estimate of drug-likeness (QED) is 0.222. The Balaban J connectivity index is 1.35. The maximum atomic E-state index is 13.5. The Hall–Kier alpha value is -4.31. The molecule has 0 fully saturated rings. The molecule has 5 rings (SSSR count). The van der Waals surface area contributed by atoms with Crippen LogP contribution in [0.3, 0.4) is 0 Å². The van der Waals surface area contributed by atoms with Gasteiger partial charge in [0.15, 0.2) is 5.78 Å². The second-order valence-corrected chi connectivity index (χ2v) is 9.31. The Morgan fingerprint density at radius 1 is 1.14 bits per heavy atom. The molecule has 2 aromatic carbocycles. The van der Waals surface area contributed by atoms with Crippen LogP contribution in [0.4, 0.5) is 5.69 Å². The molecule has 0 aliphatic rings. The first-order valence-corrected chi connectivity index (χ1v) is 12.3. The van der Waals surface area contributed by atoms with Crippen LogP contribution in [-0.2, 0) is 6.42 Å². The van der Waals surface area contributed by atoms with Crippen molar-refractivity contribution in [1.82, 2.24) is 20.6 Å². The van der Waals surface area contributed by atoms with E-state index in [-0.39, 0.29) is 39.6 Å². The van der Waals surface area contributed by atoms with Gasteiger partial charge in [-0.1, -0.05) is 12.1 Å². The fourth-order valence-corrected chi connectivity index (χ4v) is 4.76. The van der Waals surface area contributed by atoms with Crippen molar-refractivity contribution in [2.75, 3.05) is 12.3 Å². The number of tetrazole rings is 1. The lowest BCUT2D eigenvalue weighted by molar-refractivity contribution is 0.103. The van der Waals surface area contributed by atoms with E-state index in [9.17, 15) is 9.59 Å². The number of rotatable bonds is 9. The van der Waals surface area contributed by atoms with Gasteiger partial charge in [0.25, 0.3) is 0 Å². The minimum Gasteiger partial charge on any atom is -0.494 e. The van der Waals surface area contributed by atoms with Gasteiger partial charge < -0.3 is 14.9 Å². The molecule has 3 heterocycles. The van der Waals surface area contributed by atoms with Crippen LogP contribution in [0.15, 0.2) is 63.1 Å². The Kier molecular flexibility index (Phi) is 6.59. The first kappa shape index (κ1) is 23.4. The molecule has 0 spiro atoms. The fourth-order valence-electron chi connectivity index (χ4n) is 4.01. The number of carbonyl (C=O) groups is 1. The summed E-state index contributed by atoms with van der Waals surface area (Å²) in [4.78, 5) is 28.1. The maximum absolute atomic E-state index is 13.5. The average molecular weight is 502 g/mol. The first-order chi connectivity index (χ1) is 17.5. The summed E-state index contributed by atoms with van der Waals surface area (Å²) < 4.78 is 11.7. The number of hydrogen-bond donors (Lipinski definition) is 2. The maximum Gasteiger partial charge on any atom is 0.242 e. The van der Waals surface area contributed by atoms with E-state index in [1.807, 2.05) is 0 Å². The van der Waals surface area contributed by atoms with E-state index >= 15 is 0 Å². The van der Waals surface area contributed by atoms with Crippen molar-refractivity contribution in [3.05, 3.63) is 85.7 Å². The molecule has 3 aromatic heterocycles. The molecule has 182 valence electrons. The molecular weight excluding hydrogens is 478 g/mol. The van der Waals surface area contributed by atoms with Gasteiger partial charge >= 0.3 is 0 Å². The summed E-state index contributed by atoms with van der Waals surface area (Å²) in [7, 11) is 0. The van der Waals surface area contributed by atoms with Crippen molar-refractivity contribution >= 4 is 33.8 Å². The molecule has 0 atom stereocenters. The van der Waals surface area contributed by atoms with E-state index < -0.39 is 5.43 Å². The predicted octanol–water partition coefficient (Wildman–Crippen LogP) is 4.56. The molecule has 0 saturated carbocycles. The van der Waals surface area contributed by atoms with E-state index in [4.69, 9.17) is 14.9 Å². The van der Waals surface area contributed by atoms with E-state index in [0.29, 0.717) is 23.5 Å². The van der Waals surface area contributed by atoms with E-state index in [0.717, 1.165) is 19.3 Å². The number of unbranched alkanes of at least 4 members (excludes halogenated alkanes) is 1. The molecule has 9 nitrogen and oxygen atoms in total. The summed E-state index contributed by atoms with van der Waals surface area (Å²) in [6, 6.07) is 14.5. The Morgan fingerprint density at radius 3 is 2.69 bits per heavy atom. The van der Waals surface area contributed by atoms with Crippen molar-refractivity contribution in [2.45, 2.75) is 26.2 Å². The lowest BCUT2D eigenvalue weighted by Gasteiger charge is -2.11. The van der Waals surface area contributed by atoms with Gasteiger partial charge in [-0.05, 0) is 78.7 Å². The lowest BCUT2D eigenvalue weighted by Crippen LogP contribution is -2.15. The van der Waals surface area contributed by atoms with Crippen LogP contribution < -0.4 is 15.9 Å². The number of hydrogen-bond acceptors (Lipinski definition) is 9. The van der Waals surface area contributed by atoms with E-state index in [1.165, 1.54) is 4.88 Å². The summed E-state index contributed by atoms with van der Waals surface area (Å²) >= 11 is 1.77. The normalized spacial score (nSPS) is 11.1. The third kappa shape index (κ3) is 4.63. The molecule has 0 saturated heterocycles. The minimum absolute atomic E-state index is 0.000363. The number of H-pyrrole nitrogens is 1. The van der Waals surface area contributed by atoms with Crippen LogP contribution in [0.1, 0.15) is 39.2 Å². The highest BCUT2D eigenvalue weighted by Gasteiger charge is 2.23. The number of aryl methyl sites for hydroxylation is 2. The smallest absolute Gasteiger partial charge is 0.242 e. The minimum atomic E-state index is -0.523. The standard InChI is InChI=1S/C26H23N5O4S/c1-15-7-12-19-21(24(33)22(27)25(35-19)26-28-30-31-29-26)20(15)23(32)16-8-10-17(11-9-16)34-13-3-2-5-18-6-4-14-36-18/h4,6-12,14H,2-3,5,13,27H2,1H3,(H,28,29,30,31). The molecule has 3 N–H and O–H groups in total. The first-order valence-electron chi connectivity index (χ1n) is 11.4. The Bertz CT molecular complexity index is 1560. The highest BCUT2D eigenvalue weighted by atomic mass is 32.1. The summed E-state index contributed by atoms with van der Waals surface area (Å²) in [6.07, 6.45) is 3.04. The molecule has 0 aliphatic heterocycles. The second-order valence-electron chi connectivity index (χ2n) is 8.28. The lowest BCUT2D eigenvalue weighted by atomic mass is 9.94. The van der Waals surface area contributed by atoms with Gasteiger partial charge in [0.05, 0.1) is 12.0 Å². The third-order valence-corrected chi connectivity index (χ3v) is 6.80. The number of aromatic nitrogens is 4. The number of carbonyl (C=O) groups excluding carboxylic acids is 1. The molecule has 36 heavy (non-hydrogen) atoms. The van der Waals surface area contributed by atoms with Gasteiger partial charge in [-0.25, -0.2) is 0 Å². The fraction of sp³-hybridized carbons (Fsp3) is 0.192. The average Bonchev–Trinajstić information content (AvgIpc) is 3.61. The zero-order valence-corrected chi connectivity index (χ0v) is 20.3. The molecule has 0 amide bonds. The number of ketones is 1. The van der Waals surface area contributed by atoms with E-state index in [2.05, 4.69) is 38.1 Å². The van der Waals surface area contributed by atoms with E-state index in [1.54, 1.807) is 54.7 Å². The van der Waals surface area contributed by atoms with Crippen molar-refractivity contribution in [3.8, 4) is 17.3 Å². The van der Waals surface area contributed by atoms with Crippen LogP contribution in [0.25, 0.3) is 22.6 Å². The number of nitrogens with zero attached hydrogens (tertiary/aromatic N) is 3. The van der Waals surface area contributed by atoms with Crippen LogP contribution >= 0.6 is 11.3 Å².